The molecule has 5 heteroatoms. The molecule has 1 atom stereocenters. The normalized spacial score (nSPS) is 11.6. The number of hydrogen-bond acceptors (Lipinski definition) is 5. The lowest BCUT2D eigenvalue weighted by Crippen LogP contribution is -2.07. The first-order valence-electron chi connectivity index (χ1n) is 8.85. The Hall–Kier alpha value is -3.26. The van der Waals surface area contributed by atoms with Gasteiger partial charge in [-0.2, -0.15) is 5.26 Å². The molecule has 0 spiro atoms. The van der Waals surface area contributed by atoms with E-state index in [9.17, 15) is 4.79 Å². The van der Waals surface area contributed by atoms with Crippen LogP contribution in [0.1, 0.15) is 36.7 Å². The maximum absolute atomic E-state index is 12.6. The van der Waals surface area contributed by atoms with Gasteiger partial charge < -0.3 is 14.2 Å². The molecule has 5 nitrogen and oxygen atoms in total. The third kappa shape index (κ3) is 5.89. The van der Waals surface area contributed by atoms with Crippen LogP contribution in [0.3, 0.4) is 0 Å². The average molecular weight is 365 g/mol. The van der Waals surface area contributed by atoms with Crippen LogP contribution in [-0.4, -0.2) is 25.1 Å². The molecule has 0 aliphatic carbocycles. The van der Waals surface area contributed by atoms with Gasteiger partial charge in [-0.15, -0.1) is 0 Å². The summed E-state index contributed by atoms with van der Waals surface area (Å²) in [6.07, 6.45) is 2.71. The van der Waals surface area contributed by atoms with Crippen molar-refractivity contribution in [1.29, 1.82) is 5.26 Å². The fraction of sp³-hybridized carbons (Fsp3) is 0.273. The Bertz CT molecular complexity index is 834. The van der Waals surface area contributed by atoms with E-state index >= 15 is 0 Å². The number of nitriles is 1. The monoisotopic (exact) mass is 365 g/mol. The van der Waals surface area contributed by atoms with Crippen molar-refractivity contribution in [2.24, 2.45) is 0 Å². The van der Waals surface area contributed by atoms with Crippen LogP contribution >= 0.6 is 0 Å². The quantitative estimate of drug-likeness (QED) is 0.477. The molecule has 0 fully saturated rings. The predicted octanol–water partition coefficient (Wildman–Crippen LogP) is 4.67. The Kier molecular flexibility index (Phi) is 7.45. The standard InChI is InChI=1S/C22H23NO4/c1-4-25-19-11-13-22(26-5-2)20(14-19)21(24)12-8-17-6-9-18(10-7-17)27-16(3)15-23/h6-14,16H,4-5H2,1-3H3/b12-8+. The van der Waals surface area contributed by atoms with Gasteiger partial charge in [0.25, 0.3) is 0 Å². The summed E-state index contributed by atoms with van der Waals surface area (Å²) in [5, 5.41) is 8.78. The topological polar surface area (TPSA) is 68.6 Å². The van der Waals surface area contributed by atoms with Gasteiger partial charge in [0, 0.05) is 0 Å². The van der Waals surface area contributed by atoms with Crippen molar-refractivity contribution in [2.75, 3.05) is 13.2 Å². The highest BCUT2D eigenvalue weighted by atomic mass is 16.5. The van der Waals surface area contributed by atoms with Crippen molar-refractivity contribution < 1.29 is 19.0 Å². The minimum absolute atomic E-state index is 0.168. The molecule has 0 amide bonds. The van der Waals surface area contributed by atoms with Crippen molar-refractivity contribution in [1.82, 2.24) is 0 Å². The largest absolute Gasteiger partial charge is 0.494 e. The van der Waals surface area contributed by atoms with E-state index in [-0.39, 0.29) is 5.78 Å². The third-order valence-corrected chi connectivity index (χ3v) is 3.63. The smallest absolute Gasteiger partial charge is 0.189 e. The molecular weight excluding hydrogens is 342 g/mol. The zero-order valence-electron chi connectivity index (χ0n) is 15.8. The highest BCUT2D eigenvalue weighted by Gasteiger charge is 2.12. The summed E-state index contributed by atoms with van der Waals surface area (Å²) >= 11 is 0. The summed E-state index contributed by atoms with van der Waals surface area (Å²) in [5.74, 6) is 1.60. The Morgan fingerprint density at radius 3 is 2.37 bits per heavy atom. The number of hydrogen-bond donors (Lipinski definition) is 0. The number of ether oxygens (including phenoxy) is 3. The SMILES string of the molecule is CCOc1ccc(OCC)c(C(=O)/C=C/c2ccc(OC(C)C#N)cc2)c1. The first-order valence-corrected chi connectivity index (χ1v) is 8.85. The van der Waals surface area contributed by atoms with Crippen molar-refractivity contribution >= 4 is 11.9 Å². The lowest BCUT2D eigenvalue weighted by Gasteiger charge is -2.10. The van der Waals surface area contributed by atoms with Gasteiger partial charge in [0.2, 0.25) is 0 Å². The van der Waals surface area contributed by atoms with Gasteiger partial charge in [-0.05, 0) is 62.7 Å². The molecule has 1 unspecified atom stereocenters. The molecule has 2 aromatic rings. The van der Waals surface area contributed by atoms with Gasteiger partial charge in [-0.1, -0.05) is 18.2 Å². The number of allylic oxidation sites excluding steroid dienone is 1. The predicted molar refractivity (Wildman–Crippen MR) is 104 cm³/mol. The Labute approximate surface area is 159 Å². The van der Waals surface area contributed by atoms with E-state index in [0.29, 0.717) is 36.0 Å². The summed E-state index contributed by atoms with van der Waals surface area (Å²) < 4.78 is 16.4. The molecule has 0 aliphatic heterocycles. The Morgan fingerprint density at radius 1 is 1.07 bits per heavy atom. The van der Waals surface area contributed by atoms with Gasteiger partial charge in [0.05, 0.1) is 18.8 Å². The Morgan fingerprint density at radius 2 is 1.74 bits per heavy atom. The van der Waals surface area contributed by atoms with Crippen LogP contribution in [0, 0.1) is 11.3 Å². The second kappa shape index (κ2) is 10.0. The van der Waals surface area contributed by atoms with Gasteiger partial charge in [0.1, 0.15) is 23.3 Å². The fourth-order valence-corrected chi connectivity index (χ4v) is 2.39. The molecule has 0 bridgehead atoms. The van der Waals surface area contributed by atoms with Crippen LogP contribution in [0.4, 0.5) is 0 Å². The molecule has 0 aromatic heterocycles. The van der Waals surface area contributed by atoms with Gasteiger partial charge in [0.15, 0.2) is 11.9 Å². The number of benzene rings is 2. The van der Waals surface area contributed by atoms with E-state index in [4.69, 9.17) is 19.5 Å². The van der Waals surface area contributed by atoms with Gasteiger partial charge in [-0.25, -0.2) is 0 Å². The molecule has 2 aromatic carbocycles. The minimum atomic E-state index is -0.512. The van der Waals surface area contributed by atoms with E-state index in [1.54, 1.807) is 43.3 Å². The highest BCUT2D eigenvalue weighted by molar-refractivity contribution is 6.08. The minimum Gasteiger partial charge on any atom is -0.494 e. The summed E-state index contributed by atoms with van der Waals surface area (Å²) in [6.45, 7) is 6.44. The molecule has 0 saturated heterocycles. The summed E-state index contributed by atoms with van der Waals surface area (Å²) in [4.78, 5) is 12.6. The molecule has 2 rings (SSSR count). The summed E-state index contributed by atoms with van der Waals surface area (Å²) in [6, 6.07) is 14.4. The first-order chi connectivity index (χ1) is 13.1. The summed E-state index contributed by atoms with van der Waals surface area (Å²) in [5.41, 5.74) is 1.31. The Balaban J connectivity index is 2.16. The molecule has 0 N–H and O–H groups in total. The van der Waals surface area contributed by atoms with E-state index in [0.717, 1.165) is 5.56 Å². The van der Waals surface area contributed by atoms with E-state index in [1.165, 1.54) is 6.08 Å². The average Bonchev–Trinajstić information content (AvgIpc) is 2.68. The zero-order chi connectivity index (χ0) is 19.6. The van der Waals surface area contributed by atoms with E-state index in [1.807, 2.05) is 32.0 Å². The van der Waals surface area contributed by atoms with Crippen LogP contribution in [0.25, 0.3) is 6.08 Å². The molecule has 0 aliphatic rings. The van der Waals surface area contributed by atoms with Crippen LogP contribution in [0.2, 0.25) is 0 Å². The second-order valence-electron chi connectivity index (χ2n) is 5.68. The van der Waals surface area contributed by atoms with Crippen molar-refractivity contribution in [3.8, 4) is 23.3 Å². The van der Waals surface area contributed by atoms with Crippen molar-refractivity contribution in [2.45, 2.75) is 26.9 Å². The van der Waals surface area contributed by atoms with E-state index in [2.05, 4.69) is 0 Å². The first kappa shape index (κ1) is 20.1. The van der Waals surface area contributed by atoms with Gasteiger partial charge in [-0.3, -0.25) is 4.79 Å². The molecule has 0 radical (unpaired) electrons. The molecule has 0 saturated carbocycles. The maximum atomic E-state index is 12.6. The van der Waals surface area contributed by atoms with Crippen LogP contribution < -0.4 is 14.2 Å². The molecule has 140 valence electrons. The van der Waals surface area contributed by atoms with Crippen LogP contribution in [-0.2, 0) is 0 Å². The summed E-state index contributed by atoms with van der Waals surface area (Å²) in [7, 11) is 0. The van der Waals surface area contributed by atoms with Crippen LogP contribution in [0.15, 0.2) is 48.5 Å². The lowest BCUT2D eigenvalue weighted by atomic mass is 10.1. The molecule has 27 heavy (non-hydrogen) atoms. The van der Waals surface area contributed by atoms with Crippen molar-refractivity contribution in [3.63, 3.8) is 0 Å². The lowest BCUT2D eigenvalue weighted by molar-refractivity contribution is 0.104. The maximum Gasteiger partial charge on any atom is 0.189 e. The number of ketones is 1. The second-order valence-corrected chi connectivity index (χ2v) is 5.68. The zero-order valence-corrected chi connectivity index (χ0v) is 15.8. The van der Waals surface area contributed by atoms with Crippen LogP contribution in [0.5, 0.6) is 17.2 Å². The van der Waals surface area contributed by atoms with Gasteiger partial charge >= 0.3 is 0 Å². The number of rotatable bonds is 9. The van der Waals surface area contributed by atoms with E-state index < -0.39 is 6.10 Å². The number of carbonyl (C=O) groups excluding carboxylic acids is 1. The third-order valence-electron chi connectivity index (χ3n) is 3.63. The number of carbonyl (C=O) groups is 1. The molecular formula is C22H23NO4. The highest BCUT2D eigenvalue weighted by Crippen LogP contribution is 2.25. The fourth-order valence-electron chi connectivity index (χ4n) is 2.39. The molecule has 0 heterocycles. The van der Waals surface area contributed by atoms with Crippen molar-refractivity contribution in [3.05, 3.63) is 59.7 Å². The number of nitrogens with zero attached hydrogens (tertiary/aromatic N) is 1.